The van der Waals surface area contributed by atoms with E-state index in [1.165, 1.54) is 19.8 Å². The van der Waals surface area contributed by atoms with Gasteiger partial charge in [0.1, 0.15) is 0 Å². The molecule has 0 aliphatic heterocycles. The van der Waals surface area contributed by atoms with Gasteiger partial charge in [0.15, 0.2) is 0 Å². The Labute approximate surface area is 85.1 Å². The fourth-order valence-corrected chi connectivity index (χ4v) is 2.14. The van der Waals surface area contributed by atoms with Gasteiger partial charge in [-0.1, -0.05) is 38.5 Å². The Morgan fingerprint density at radius 2 is 1.71 bits per heavy atom. The van der Waals surface area contributed by atoms with Crippen LogP contribution in [0.1, 0.15) is 51.9 Å². The summed E-state index contributed by atoms with van der Waals surface area (Å²) in [5, 5.41) is 0. The van der Waals surface area contributed by atoms with Crippen LogP contribution in [-0.2, 0) is 0 Å². The number of rotatable bonds is 3. The van der Waals surface area contributed by atoms with E-state index in [2.05, 4.69) is 0 Å². The van der Waals surface area contributed by atoms with E-state index in [0.29, 0.717) is 0 Å². The first kappa shape index (κ1) is 11.9. The van der Waals surface area contributed by atoms with Gasteiger partial charge in [0, 0.05) is 6.42 Å². The zero-order valence-corrected chi connectivity index (χ0v) is 8.94. The van der Waals surface area contributed by atoms with Crippen LogP contribution < -0.4 is 5.73 Å². The van der Waals surface area contributed by atoms with Gasteiger partial charge in [-0.15, -0.1) is 0 Å². The summed E-state index contributed by atoms with van der Waals surface area (Å²) < 4.78 is 26.7. The Kier molecular flexibility index (Phi) is 4.30. The standard InChI is InChI=1S/C11H21F2N/c1-9(14)11(12,13)8-10-6-4-2-3-5-7-10/h9-10H,2-8,14H2,1H3. The van der Waals surface area contributed by atoms with Crippen LogP contribution in [0, 0.1) is 5.92 Å². The van der Waals surface area contributed by atoms with Crippen molar-refractivity contribution >= 4 is 0 Å². The molecule has 84 valence electrons. The van der Waals surface area contributed by atoms with Crippen LogP contribution in [-0.4, -0.2) is 12.0 Å². The number of hydrogen-bond acceptors (Lipinski definition) is 1. The highest BCUT2D eigenvalue weighted by Crippen LogP contribution is 2.33. The molecular formula is C11H21F2N. The molecule has 0 saturated heterocycles. The summed E-state index contributed by atoms with van der Waals surface area (Å²) in [4.78, 5) is 0. The van der Waals surface area contributed by atoms with E-state index in [0.717, 1.165) is 25.7 Å². The first-order valence-electron chi connectivity index (χ1n) is 5.66. The molecule has 0 spiro atoms. The lowest BCUT2D eigenvalue weighted by Gasteiger charge is -2.25. The molecule has 0 aromatic heterocycles. The van der Waals surface area contributed by atoms with E-state index < -0.39 is 12.0 Å². The third-order valence-corrected chi connectivity index (χ3v) is 3.20. The quantitative estimate of drug-likeness (QED) is 0.703. The first-order valence-corrected chi connectivity index (χ1v) is 5.66. The highest BCUT2D eigenvalue weighted by atomic mass is 19.3. The van der Waals surface area contributed by atoms with E-state index >= 15 is 0 Å². The van der Waals surface area contributed by atoms with Gasteiger partial charge in [-0.3, -0.25) is 0 Å². The molecule has 1 rings (SSSR count). The Morgan fingerprint density at radius 1 is 1.21 bits per heavy atom. The van der Waals surface area contributed by atoms with Crippen molar-refractivity contribution in [2.45, 2.75) is 63.8 Å². The van der Waals surface area contributed by atoms with E-state index in [9.17, 15) is 8.78 Å². The second-order valence-electron chi connectivity index (χ2n) is 4.61. The molecule has 0 aromatic rings. The monoisotopic (exact) mass is 205 g/mol. The van der Waals surface area contributed by atoms with Crippen LogP contribution in [0.2, 0.25) is 0 Å². The van der Waals surface area contributed by atoms with E-state index in [1.54, 1.807) is 0 Å². The molecule has 2 N–H and O–H groups in total. The normalized spacial score (nSPS) is 23.1. The summed E-state index contributed by atoms with van der Waals surface area (Å²) in [5.74, 6) is -2.48. The molecule has 0 heterocycles. The van der Waals surface area contributed by atoms with Gasteiger partial charge in [0.05, 0.1) is 6.04 Å². The zero-order chi connectivity index (χ0) is 10.6. The smallest absolute Gasteiger partial charge is 0.262 e. The van der Waals surface area contributed by atoms with Gasteiger partial charge >= 0.3 is 0 Å². The van der Waals surface area contributed by atoms with E-state index in [-0.39, 0.29) is 12.3 Å². The molecule has 1 aliphatic carbocycles. The average molecular weight is 205 g/mol. The van der Waals surface area contributed by atoms with Crippen LogP contribution in [0.5, 0.6) is 0 Å². The highest BCUT2D eigenvalue weighted by molar-refractivity contribution is 4.80. The molecule has 0 aromatic carbocycles. The van der Waals surface area contributed by atoms with Crippen LogP contribution in [0.3, 0.4) is 0 Å². The van der Waals surface area contributed by atoms with Gasteiger partial charge in [-0.2, -0.15) is 0 Å². The second-order valence-corrected chi connectivity index (χ2v) is 4.61. The maximum Gasteiger partial charge on any atom is 0.262 e. The maximum absolute atomic E-state index is 13.3. The molecule has 1 nitrogen and oxygen atoms in total. The zero-order valence-electron chi connectivity index (χ0n) is 8.94. The Morgan fingerprint density at radius 3 is 2.14 bits per heavy atom. The van der Waals surface area contributed by atoms with Crippen molar-refractivity contribution < 1.29 is 8.78 Å². The molecule has 1 aliphatic rings. The maximum atomic E-state index is 13.3. The minimum absolute atomic E-state index is 0.00926. The summed E-state index contributed by atoms with van der Waals surface area (Å²) in [6, 6.07) is -1.01. The molecule has 1 saturated carbocycles. The molecule has 1 unspecified atom stereocenters. The van der Waals surface area contributed by atoms with Gasteiger partial charge in [-0.25, -0.2) is 8.78 Å². The minimum Gasteiger partial charge on any atom is -0.323 e. The van der Waals surface area contributed by atoms with Crippen molar-refractivity contribution in [2.75, 3.05) is 0 Å². The topological polar surface area (TPSA) is 26.0 Å². The lowest BCUT2D eigenvalue weighted by molar-refractivity contribution is -0.0434. The lowest BCUT2D eigenvalue weighted by atomic mass is 9.91. The van der Waals surface area contributed by atoms with Crippen LogP contribution in [0.25, 0.3) is 0 Å². The van der Waals surface area contributed by atoms with Crippen LogP contribution in [0.15, 0.2) is 0 Å². The molecule has 1 atom stereocenters. The summed E-state index contributed by atoms with van der Waals surface area (Å²) in [5.41, 5.74) is 5.28. The number of hydrogen-bond donors (Lipinski definition) is 1. The van der Waals surface area contributed by atoms with Crippen molar-refractivity contribution in [1.29, 1.82) is 0 Å². The van der Waals surface area contributed by atoms with Crippen molar-refractivity contribution in [3.05, 3.63) is 0 Å². The van der Waals surface area contributed by atoms with Crippen molar-refractivity contribution in [3.8, 4) is 0 Å². The Balaban J connectivity index is 2.41. The molecule has 0 radical (unpaired) electrons. The van der Waals surface area contributed by atoms with Gasteiger partial charge in [0.2, 0.25) is 0 Å². The number of nitrogens with two attached hydrogens (primary N) is 1. The summed E-state index contributed by atoms with van der Waals surface area (Å²) in [6.45, 7) is 1.40. The molecule has 14 heavy (non-hydrogen) atoms. The lowest BCUT2D eigenvalue weighted by Crippen LogP contribution is -2.39. The van der Waals surface area contributed by atoms with Crippen LogP contribution in [0.4, 0.5) is 8.78 Å². The van der Waals surface area contributed by atoms with E-state index in [1.807, 2.05) is 0 Å². The fraction of sp³-hybridized carbons (Fsp3) is 1.00. The molecule has 3 heteroatoms. The van der Waals surface area contributed by atoms with Gasteiger partial charge in [0.25, 0.3) is 5.92 Å². The Hall–Kier alpha value is -0.180. The summed E-state index contributed by atoms with van der Waals surface area (Å²) >= 11 is 0. The highest BCUT2D eigenvalue weighted by Gasteiger charge is 2.36. The fourth-order valence-electron chi connectivity index (χ4n) is 2.14. The average Bonchev–Trinajstić information content (AvgIpc) is 2.32. The van der Waals surface area contributed by atoms with Crippen molar-refractivity contribution in [1.82, 2.24) is 0 Å². The molecule has 1 fully saturated rings. The number of alkyl halides is 2. The SMILES string of the molecule is CC(N)C(F)(F)CC1CCCCCC1. The summed E-state index contributed by atoms with van der Waals surface area (Å²) in [7, 11) is 0. The third-order valence-electron chi connectivity index (χ3n) is 3.20. The number of halogens is 2. The second kappa shape index (κ2) is 5.06. The van der Waals surface area contributed by atoms with E-state index in [4.69, 9.17) is 5.73 Å². The first-order chi connectivity index (χ1) is 6.52. The molecular weight excluding hydrogens is 184 g/mol. The van der Waals surface area contributed by atoms with Crippen molar-refractivity contribution in [2.24, 2.45) is 11.7 Å². The molecule has 0 bridgehead atoms. The Bertz CT molecular complexity index is 161. The third kappa shape index (κ3) is 3.52. The minimum atomic E-state index is -2.67. The summed E-state index contributed by atoms with van der Waals surface area (Å²) in [6.07, 6.45) is 6.55. The van der Waals surface area contributed by atoms with Crippen LogP contribution >= 0.6 is 0 Å². The predicted octanol–water partition coefficient (Wildman–Crippen LogP) is 3.33. The predicted molar refractivity (Wildman–Crippen MR) is 54.4 cm³/mol. The van der Waals surface area contributed by atoms with Gasteiger partial charge < -0.3 is 5.73 Å². The largest absolute Gasteiger partial charge is 0.323 e. The van der Waals surface area contributed by atoms with Crippen molar-refractivity contribution in [3.63, 3.8) is 0 Å². The molecule has 0 amide bonds. The van der Waals surface area contributed by atoms with Gasteiger partial charge in [-0.05, 0) is 12.8 Å².